The molecule has 0 saturated heterocycles. The SMILES string of the molecule is CCC(CC)CNC(=O)C(C)NC. The fraction of sp³-hybridized carbons (Fsp3) is 0.900. The molecular formula is C10H22N2O. The van der Waals surface area contributed by atoms with Crippen molar-refractivity contribution in [1.29, 1.82) is 0 Å². The minimum Gasteiger partial charge on any atom is -0.354 e. The van der Waals surface area contributed by atoms with Crippen molar-refractivity contribution in [3.63, 3.8) is 0 Å². The maximum atomic E-state index is 11.3. The highest BCUT2D eigenvalue weighted by atomic mass is 16.2. The Bertz CT molecular complexity index is 144. The molecule has 0 rings (SSSR count). The van der Waals surface area contributed by atoms with Crippen molar-refractivity contribution in [3.05, 3.63) is 0 Å². The molecule has 2 N–H and O–H groups in total. The Morgan fingerprint density at radius 1 is 1.31 bits per heavy atom. The molecule has 0 aliphatic rings. The molecule has 0 radical (unpaired) electrons. The van der Waals surface area contributed by atoms with Crippen molar-refractivity contribution in [3.8, 4) is 0 Å². The summed E-state index contributed by atoms with van der Waals surface area (Å²) < 4.78 is 0. The topological polar surface area (TPSA) is 41.1 Å². The van der Waals surface area contributed by atoms with E-state index in [0.717, 1.165) is 19.4 Å². The van der Waals surface area contributed by atoms with Crippen LogP contribution in [-0.4, -0.2) is 25.5 Å². The Balaban J connectivity index is 3.68. The molecule has 0 saturated carbocycles. The zero-order valence-electron chi connectivity index (χ0n) is 9.18. The highest BCUT2D eigenvalue weighted by Gasteiger charge is 2.11. The van der Waals surface area contributed by atoms with Gasteiger partial charge in [-0.2, -0.15) is 0 Å². The molecule has 0 heterocycles. The number of rotatable bonds is 6. The molecule has 13 heavy (non-hydrogen) atoms. The van der Waals surface area contributed by atoms with E-state index < -0.39 is 0 Å². The number of amides is 1. The second-order valence-electron chi connectivity index (χ2n) is 3.44. The van der Waals surface area contributed by atoms with Crippen LogP contribution in [0.2, 0.25) is 0 Å². The minimum absolute atomic E-state index is 0.0886. The fourth-order valence-corrected chi connectivity index (χ4v) is 1.11. The lowest BCUT2D eigenvalue weighted by Crippen LogP contribution is -2.42. The van der Waals surface area contributed by atoms with Gasteiger partial charge >= 0.3 is 0 Å². The lowest BCUT2D eigenvalue weighted by molar-refractivity contribution is -0.122. The smallest absolute Gasteiger partial charge is 0.236 e. The number of likely N-dealkylation sites (N-methyl/N-ethyl adjacent to an activating group) is 1. The lowest BCUT2D eigenvalue weighted by Gasteiger charge is -2.15. The number of hydrogen-bond donors (Lipinski definition) is 2. The molecule has 0 aromatic rings. The molecule has 0 bridgehead atoms. The van der Waals surface area contributed by atoms with Crippen molar-refractivity contribution < 1.29 is 4.79 Å². The predicted octanol–water partition coefficient (Wildman–Crippen LogP) is 1.15. The summed E-state index contributed by atoms with van der Waals surface area (Å²) in [5.41, 5.74) is 0. The summed E-state index contributed by atoms with van der Waals surface area (Å²) in [6.45, 7) is 6.98. The van der Waals surface area contributed by atoms with Gasteiger partial charge in [0.1, 0.15) is 0 Å². The largest absolute Gasteiger partial charge is 0.354 e. The maximum absolute atomic E-state index is 11.3. The van der Waals surface area contributed by atoms with E-state index in [1.165, 1.54) is 0 Å². The lowest BCUT2D eigenvalue weighted by atomic mass is 10.0. The molecule has 3 heteroatoms. The third-order valence-electron chi connectivity index (χ3n) is 2.55. The van der Waals surface area contributed by atoms with E-state index in [9.17, 15) is 4.79 Å². The van der Waals surface area contributed by atoms with Crippen molar-refractivity contribution in [2.45, 2.75) is 39.7 Å². The van der Waals surface area contributed by atoms with Crippen molar-refractivity contribution >= 4 is 5.91 Å². The van der Waals surface area contributed by atoms with Gasteiger partial charge < -0.3 is 10.6 Å². The van der Waals surface area contributed by atoms with Crippen molar-refractivity contribution in [2.75, 3.05) is 13.6 Å². The van der Waals surface area contributed by atoms with Gasteiger partial charge in [-0.1, -0.05) is 26.7 Å². The van der Waals surface area contributed by atoms with Gasteiger partial charge in [0.05, 0.1) is 6.04 Å². The van der Waals surface area contributed by atoms with Gasteiger partial charge in [0.25, 0.3) is 0 Å². The molecule has 3 nitrogen and oxygen atoms in total. The molecule has 0 spiro atoms. The van der Waals surface area contributed by atoms with Crippen LogP contribution >= 0.6 is 0 Å². The zero-order valence-corrected chi connectivity index (χ0v) is 9.18. The Kier molecular flexibility index (Phi) is 6.59. The van der Waals surface area contributed by atoms with E-state index >= 15 is 0 Å². The summed E-state index contributed by atoms with van der Waals surface area (Å²) in [5, 5.41) is 5.85. The summed E-state index contributed by atoms with van der Waals surface area (Å²) >= 11 is 0. The Morgan fingerprint density at radius 2 is 1.85 bits per heavy atom. The van der Waals surface area contributed by atoms with Crippen LogP contribution in [0, 0.1) is 5.92 Å². The van der Waals surface area contributed by atoms with E-state index in [1.54, 1.807) is 7.05 Å². The first-order valence-electron chi connectivity index (χ1n) is 5.10. The van der Waals surface area contributed by atoms with E-state index in [-0.39, 0.29) is 11.9 Å². The number of nitrogens with one attached hydrogen (secondary N) is 2. The molecule has 1 unspecified atom stereocenters. The van der Waals surface area contributed by atoms with Crippen LogP contribution in [0.5, 0.6) is 0 Å². The minimum atomic E-state index is -0.0886. The summed E-state index contributed by atoms with van der Waals surface area (Å²) in [5.74, 6) is 0.711. The van der Waals surface area contributed by atoms with E-state index in [0.29, 0.717) is 5.92 Å². The van der Waals surface area contributed by atoms with Gasteiger partial charge in [0.2, 0.25) is 5.91 Å². The highest BCUT2D eigenvalue weighted by Crippen LogP contribution is 2.04. The maximum Gasteiger partial charge on any atom is 0.236 e. The van der Waals surface area contributed by atoms with Gasteiger partial charge in [-0.3, -0.25) is 4.79 Å². The Morgan fingerprint density at radius 3 is 2.23 bits per heavy atom. The quantitative estimate of drug-likeness (QED) is 0.653. The normalized spacial score (nSPS) is 13.0. The van der Waals surface area contributed by atoms with Crippen LogP contribution in [0.25, 0.3) is 0 Å². The van der Waals surface area contributed by atoms with Gasteiger partial charge in [-0.05, 0) is 19.9 Å². The van der Waals surface area contributed by atoms with Gasteiger partial charge in [0, 0.05) is 6.54 Å². The first-order valence-corrected chi connectivity index (χ1v) is 5.10. The molecule has 0 aromatic heterocycles. The third-order valence-corrected chi connectivity index (χ3v) is 2.55. The second-order valence-corrected chi connectivity index (χ2v) is 3.44. The van der Waals surface area contributed by atoms with Crippen LogP contribution < -0.4 is 10.6 Å². The van der Waals surface area contributed by atoms with Crippen LogP contribution in [-0.2, 0) is 4.79 Å². The summed E-state index contributed by atoms with van der Waals surface area (Å²) in [7, 11) is 1.79. The standard InChI is InChI=1S/C10H22N2O/c1-5-9(6-2)7-12-10(13)8(3)11-4/h8-9,11H,5-7H2,1-4H3,(H,12,13). The van der Waals surface area contributed by atoms with Crippen molar-refractivity contribution in [2.24, 2.45) is 5.92 Å². The van der Waals surface area contributed by atoms with Gasteiger partial charge in [0.15, 0.2) is 0 Å². The first-order chi connectivity index (χ1) is 6.15. The summed E-state index contributed by atoms with van der Waals surface area (Å²) in [6, 6.07) is -0.0886. The Labute approximate surface area is 81.3 Å². The van der Waals surface area contributed by atoms with Crippen LogP contribution in [0.3, 0.4) is 0 Å². The monoisotopic (exact) mass is 186 g/mol. The average Bonchev–Trinajstić information content (AvgIpc) is 2.17. The number of hydrogen-bond acceptors (Lipinski definition) is 2. The Hall–Kier alpha value is -0.570. The van der Waals surface area contributed by atoms with Gasteiger partial charge in [-0.15, -0.1) is 0 Å². The van der Waals surface area contributed by atoms with Crippen LogP contribution in [0.1, 0.15) is 33.6 Å². The van der Waals surface area contributed by atoms with E-state index in [1.807, 2.05) is 6.92 Å². The summed E-state index contributed by atoms with van der Waals surface area (Å²) in [6.07, 6.45) is 2.26. The van der Waals surface area contributed by atoms with Crippen molar-refractivity contribution in [1.82, 2.24) is 10.6 Å². The third kappa shape index (κ3) is 4.88. The van der Waals surface area contributed by atoms with E-state index in [4.69, 9.17) is 0 Å². The molecule has 0 aliphatic carbocycles. The molecule has 0 aromatic carbocycles. The second kappa shape index (κ2) is 6.89. The fourth-order valence-electron chi connectivity index (χ4n) is 1.11. The molecule has 1 atom stereocenters. The van der Waals surface area contributed by atoms with Crippen LogP contribution in [0.15, 0.2) is 0 Å². The van der Waals surface area contributed by atoms with E-state index in [2.05, 4.69) is 24.5 Å². The predicted molar refractivity (Wildman–Crippen MR) is 55.6 cm³/mol. The zero-order chi connectivity index (χ0) is 10.3. The average molecular weight is 186 g/mol. The van der Waals surface area contributed by atoms with Crippen LogP contribution in [0.4, 0.5) is 0 Å². The molecule has 0 fully saturated rings. The first kappa shape index (κ1) is 12.4. The molecule has 1 amide bonds. The summed E-state index contributed by atoms with van der Waals surface area (Å²) in [4.78, 5) is 11.3. The highest BCUT2D eigenvalue weighted by molar-refractivity contribution is 5.81. The molecule has 78 valence electrons. The van der Waals surface area contributed by atoms with Gasteiger partial charge in [-0.25, -0.2) is 0 Å². The number of carbonyl (C=O) groups excluding carboxylic acids is 1. The molecular weight excluding hydrogens is 164 g/mol. The number of carbonyl (C=O) groups is 1. The molecule has 0 aliphatic heterocycles.